The zero-order chi connectivity index (χ0) is 69.6. The molecule has 7 aromatic rings. The van der Waals surface area contributed by atoms with Gasteiger partial charge in [0.05, 0.1) is 72.3 Å². The quantitative estimate of drug-likeness (QED) is 0.0197. The van der Waals surface area contributed by atoms with E-state index in [2.05, 4.69) is 104 Å². The van der Waals surface area contributed by atoms with Crippen molar-refractivity contribution in [1.29, 1.82) is 0 Å². The van der Waals surface area contributed by atoms with Gasteiger partial charge >= 0.3 is 132 Å². The first kappa shape index (κ1) is 98.8. The van der Waals surface area contributed by atoms with Crippen molar-refractivity contribution in [2.75, 3.05) is 101 Å². The van der Waals surface area contributed by atoms with Gasteiger partial charge in [-0.1, -0.05) is 187 Å². The maximum atomic E-state index is 10.7. The summed E-state index contributed by atoms with van der Waals surface area (Å²) >= 11 is 37.2. The Kier molecular flexibility index (Phi) is 55.7. The summed E-state index contributed by atoms with van der Waals surface area (Å²) in [4.78, 5) is 30.8. The maximum absolute atomic E-state index is 10.7. The number of rotatable bonds is 17. The summed E-state index contributed by atoms with van der Waals surface area (Å²) in [6.07, 6.45) is 4.08. The van der Waals surface area contributed by atoms with E-state index in [0.29, 0.717) is 50.0 Å². The first-order valence-corrected chi connectivity index (χ1v) is 36.2. The molecule has 7 aromatic carbocycles. The summed E-state index contributed by atoms with van der Waals surface area (Å²) in [6.45, 7) is 37.2. The van der Waals surface area contributed by atoms with Gasteiger partial charge in [-0.15, -0.1) is 0 Å². The van der Waals surface area contributed by atoms with E-state index in [1.807, 2.05) is 84.9 Å². The number of piperazine rings is 2. The van der Waals surface area contributed by atoms with Crippen LogP contribution in [-0.2, 0) is 52.3 Å². The standard InChI is InChI=1S/C25H22Cl3N3.C16H15Cl3N2.C10H11NO3S.C9H9NO.C6H15N.CH3ClO2S.CH2O3.HI.2K.Na.H/c1-29-22-9-2-18(3-10-22)12-13-30-14-15-31(24-11-8-21(27)16-23(24)28)25(17-30)19-4-6-20(26)7-5-19;17-12-3-1-11(2-4-12)16-10-20-7-8-21(16)15-6-5-13(18)9-14(15)19;1-11-10-5-3-9(4-6-10)7-8-14-15(2,12)13;1-10-9-4-2-8(3-5-9)6-7-11;1-4-7(5-2)6-3;1-5(2,3)4;2-1-4-3;;;;;/h2-11,16,25H,12-15,17H2;1-6,9,16,20H,7-8,10H2;3-6H,7-8H2,2H3;2-5,11H,6-7H2;4-6H2,1-3H3;1H3;1,3H;1H;;;;/q;;;;;;;;3*+1;-1/p-2/t25-;16-;;;;;;;;;;/m00........../s1. The molecule has 2 heterocycles. The molecule has 514 valence electrons. The first-order valence-electron chi connectivity index (χ1n) is 29.4. The normalized spacial score (nSPS) is 13.6. The number of anilines is 2. The Morgan fingerprint density at radius 3 is 1.32 bits per heavy atom. The third-order valence-electron chi connectivity index (χ3n) is 14.0. The average Bonchev–Trinajstić information content (AvgIpc) is 0.804. The number of hydrogen-bond acceptors (Lipinski definition) is 14. The van der Waals surface area contributed by atoms with Crippen LogP contribution in [0.1, 0.15) is 62.1 Å². The molecule has 0 amide bonds. The topological polar surface area (TPSA) is 185 Å². The monoisotopic (exact) mass is 1690 g/mol. The predicted octanol–water partition coefficient (Wildman–Crippen LogP) is 3.73. The van der Waals surface area contributed by atoms with Crippen LogP contribution < -0.4 is 177 Å². The third-order valence-corrected chi connectivity index (χ3v) is 16.2. The van der Waals surface area contributed by atoms with Gasteiger partial charge in [0, 0.05) is 83.2 Å². The van der Waals surface area contributed by atoms with Crippen LogP contribution in [-0.4, -0.2) is 129 Å². The summed E-state index contributed by atoms with van der Waals surface area (Å²) < 4.78 is 44.7. The molecule has 0 radical (unpaired) electrons. The van der Waals surface area contributed by atoms with E-state index in [1.54, 1.807) is 48.5 Å². The molecule has 0 unspecified atom stereocenters. The molecular formula is C68H77Cl7IK2N8NaO9S2. The molecule has 2 N–H and O–H groups in total. The molecule has 2 saturated heterocycles. The van der Waals surface area contributed by atoms with Gasteiger partial charge in [-0.25, -0.2) is 23.0 Å². The Hall–Kier alpha value is -1.23. The van der Waals surface area contributed by atoms with Gasteiger partial charge in [0.15, 0.2) is 17.1 Å². The molecule has 0 aliphatic carbocycles. The van der Waals surface area contributed by atoms with Crippen LogP contribution in [0.15, 0.2) is 158 Å². The van der Waals surface area contributed by atoms with Gasteiger partial charge < -0.3 is 60.7 Å². The number of aliphatic hydroxyl groups is 1. The second kappa shape index (κ2) is 55.3. The second-order valence-corrected chi connectivity index (χ2v) is 27.8. The van der Waals surface area contributed by atoms with E-state index >= 15 is 0 Å². The minimum Gasteiger partial charge on any atom is -1.00 e. The zero-order valence-corrected chi connectivity index (χ0v) is 73.4. The van der Waals surface area contributed by atoms with Gasteiger partial charge in [-0.05, 0) is 127 Å². The van der Waals surface area contributed by atoms with Crippen LogP contribution >= 0.6 is 80.3 Å². The third kappa shape index (κ3) is 40.9. The van der Waals surface area contributed by atoms with Gasteiger partial charge in [0.2, 0.25) is 9.05 Å². The fourth-order valence-corrected chi connectivity index (χ4v) is 11.0. The van der Waals surface area contributed by atoms with Gasteiger partial charge in [0.1, 0.15) is 0 Å². The first-order chi connectivity index (χ1) is 44.8. The van der Waals surface area contributed by atoms with E-state index in [9.17, 15) is 16.8 Å². The molecule has 17 nitrogen and oxygen atoms in total. The molecule has 0 bridgehead atoms. The molecule has 0 aromatic heterocycles. The van der Waals surface area contributed by atoms with Crippen molar-refractivity contribution in [1.82, 2.24) is 15.1 Å². The van der Waals surface area contributed by atoms with Crippen molar-refractivity contribution in [2.24, 2.45) is 0 Å². The molecule has 98 heavy (non-hydrogen) atoms. The van der Waals surface area contributed by atoms with Crippen LogP contribution in [0, 0.1) is 19.7 Å². The molecule has 9 rings (SSSR count). The number of halogens is 8. The van der Waals surface area contributed by atoms with E-state index < -0.39 is 19.2 Å². The SMILES string of the molecule is CCN(CC)CC.CS(=O)(=O)Cl.Clc1ccc([C@@H]2CNCCN2c2ccc(Cl)cc2Cl)cc1.O=CO[O-].[C-]#[N+]c1ccc(CCN2CCN(c3ccc(Cl)cc3Cl)[C@H](c3ccc(Cl)cc3)C2)cc1.[C-]#[N+]c1ccc(CCO)cc1.[C-]#[N+]c1ccc(CCOS(C)(=O)=O)cc1.[H-].[I-].[K+].[K+].[Na+]. The van der Waals surface area contributed by atoms with Gasteiger partial charge in [0.25, 0.3) is 16.6 Å². The maximum Gasteiger partial charge on any atom is 1.00 e. The number of nitrogens with one attached hydrogen (secondary N) is 1. The molecule has 2 atom stereocenters. The zero-order valence-electron chi connectivity index (χ0n) is 57.0. The predicted molar refractivity (Wildman–Crippen MR) is 385 cm³/mol. The molecule has 0 spiro atoms. The number of carbonyl (C=O) groups excluding carboxylic acids is 1. The van der Waals surface area contributed by atoms with E-state index in [-0.39, 0.29) is 189 Å². The Morgan fingerprint density at radius 1 is 0.602 bits per heavy atom. The van der Waals surface area contributed by atoms with Crippen LogP contribution in [0.2, 0.25) is 30.1 Å². The second-order valence-electron chi connectivity index (χ2n) is 20.5. The van der Waals surface area contributed by atoms with Gasteiger partial charge in [-0.3, -0.25) is 13.9 Å². The van der Waals surface area contributed by atoms with Crippen molar-refractivity contribution < 1.29 is 199 Å². The van der Waals surface area contributed by atoms with Gasteiger partial charge in [-0.2, -0.15) is 8.42 Å². The number of aliphatic hydroxyl groups excluding tert-OH is 1. The fourth-order valence-electron chi connectivity index (χ4n) is 9.31. The van der Waals surface area contributed by atoms with Crippen molar-refractivity contribution in [3.63, 3.8) is 0 Å². The largest absolute Gasteiger partial charge is 1.00 e. The van der Waals surface area contributed by atoms with Crippen molar-refractivity contribution in [2.45, 2.75) is 52.1 Å². The smallest absolute Gasteiger partial charge is 1.00 e. The van der Waals surface area contributed by atoms with Crippen molar-refractivity contribution in [3.8, 4) is 0 Å². The Bertz CT molecular complexity index is 3760. The number of benzene rings is 7. The summed E-state index contributed by atoms with van der Waals surface area (Å²) in [7, 11) is -2.05. The minimum atomic E-state index is -3.36. The van der Waals surface area contributed by atoms with E-state index in [0.717, 1.165) is 97.3 Å². The molecule has 2 aliphatic heterocycles. The fraction of sp³-hybridized carbons (Fsp3) is 0.324. The molecule has 0 saturated carbocycles. The Balaban J connectivity index is -0.00000119. The summed E-state index contributed by atoms with van der Waals surface area (Å²) in [5, 5.41) is 24.6. The molecular weight excluding hydrogens is 1610 g/mol. The number of nitrogens with zero attached hydrogens (tertiary/aromatic N) is 7. The van der Waals surface area contributed by atoms with Crippen LogP contribution in [0.4, 0.5) is 28.4 Å². The van der Waals surface area contributed by atoms with E-state index in [1.165, 1.54) is 36.3 Å². The van der Waals surface area contributed by atoms with E-state index in [4.69, 9.17) is 104 Å². The van der Waals surface area contributed by atoms with Crippen LogP contribution in [0.3, 0.4) is 0 Å². The molecule has 2 aliphatic rings. The average molecular weight is 1690 g/mol. The van der Waals surface area contributed by atoms with Crippen LogP contribution in [0.25, 0.3) is 14.5 Å². The molecule has 30 heteroatoms. The summed E-state index contributed by atoms with van der Waals surface area (Å²) in [5.41, 5.74) is 9.61. The van der Waals surface area contributed by atoms with Crippen molar-refractivity contribution in [3.05, 3.63) is 250 Å². The Morgan fingerprint density at radius 2 is 0.969 bits per heavy atom. The number of hydrogen-bond donors (Lipinski definition) is 2. The Labute approximate surface area is 740 Å². The minimum absolute atomic E-state index is 0. The summed E-state index contributed by atoms with van der Waals surface area (Å²) in [6, 6.07) is 49.9. The number of carbonyl (C=O) groups is 1. The van der Waals surface area contributed by atoms with Crippen molar-refractivity contribution >= 4 is 134 Å². The van der Waals surface area contributed by atoms with Crippen LogP contribution in [0.5, 0.6) is 0 Å². The molecule has 2 fully saturated rings. The summed E-state index contributed by atoms with van der Waals surface area (Å²) in [5.74, 6) is 0.